The van der Waals surface area contributed by atoms with Crippen LogP contribution in [0, 0.1) is 0 Å². The molecule has 0 aliphatic heterocycles. The number of aryl methyl sites for hydroxylation is 1. The molecule has 10 heteroatoms. The van der Waals surface area contributed by atoms with Crippen molar-refractivity contribution in [3.05, 3.63) is 37.3 Å². The summed E-state index contributed by atoms with van der Waals surface area (Å²) in [5, 5.41) is 24.0. The molecule has 10 nitrogen and oxygen atoms in total. The number of rotatable bonds is 7. The molecule has 0 saturated heterocycles. The summed E-state index contributed by atoms with van der Waals surface area (Å²) in [6, 6.07) is 2.20. The van der Waals surface area contributed by atoms with Crippen molar-refractivity contribution >= 4 is 34.4 Å². The van der Waals surface area contributed by atoms with Gasteiger partial charge in [-0.1, -0.05) is 6.58 Å². The zero-order valence-electron chi connectivity index (χ0n) is 15.5. The number of nitrogens with zero attached hydrogens (tertiary/aromatic N) is 5. The van der Waals surface area contributed by atoms with Crippen LogP contribution in [-0.2, 0) is 18.6 Å². The minimum absolute atomic E-state index is 0.135. The van der Waals surface area contributed by atoms with Crippen molar-refractivity contribution < 1.29 is 9.90 Å². The van der Waals surface area contributed by atoms with Gasteiger partial charge in [-0.25, -0.2) is 0 Å². The Morgan fingerprint density at radius 2 is 2.21 bits per heavy atom. The number of amides is 1. The Kier molecular flexibility index (Phi) is 4.70. The van der Waals surface area contributed by atoms with Crippen molar-refractivity contribution in [2.45, 2.75) is 31.7 Å². The molecule has 1 aliphatic rings. The number of hydrogen-bond acceptors (Lipinski definition) is 7. The van der Waals surface area contributed by atoms with Crippen molar-refractivity contribution in [3.8, 4) is 0 Å². The molecular formula is C18H22N8O2. The van der Waals surface area contributed by atoms with Crippen LogP contribution < -0.4 is 16.0 Å². The summed E-state index contributed by atoms with van der Waals surface area (Å²) in [4.78, 5) is 20.5. The second-order valence-electron chi connectivity index (χ2n) is 6.81. The van der Waals surface area contributed by atoms with Crippen molar-refractivity contribution in [1.82, 2.24) is 29.6 Å². The maximum atomic E-state index is 11.4. The molecule has 3 heterocycles. The van der Waals surface area contributed by atoms with E-state index in [0.717, 1.165) is 23.9 Å². The Morgan fingerprint density at radius 3 is 2.89 bits per heavy atom. The van der Waals surface area contributed by atoms with Gasteiger partial charge in [-0.3, -0.25) is 9.48 Å². The highest BCUT2D eigenvalue weighted by Crippen LogP contribution is 2.29. The van der Waals surface area contributed by atoms with Crippen molar-refractivity contribution in [1.29, 1.82) is 0 Å². The number of aromatic nitrogens is 5. The first kappa shape index (κ1) is 18.0. The second-order valence-corrected chi connectivity index (χ2v) is 6.81. The molecule has 1 fully saturated rings. The van der Waals surface area contributed by atoms with E-state index in [9.17, 15) is 9.90 Å². The molecule has 0 unspecified atom stereocenters. The van der Waals surface area contributed by atoms with Crippen LogP contribution in [0.15, 0.2) is 37.3 Å². The molecule has 0 atom stereocenters. The van der Waals surface area contributed by atoms with Gasteiger partial charge < -0.3 is 25.6 Å². The van der Waals surface area contributed by atoms with Crippen LogP contribution in [0.3, 0.4) is 0 Å². The molecule has 0 spiro atoms. The highest BCUT2D eigenvalue weighted by molar-refractivity contribution is 5.89. The van der Waals surface area contributed by atoms with E-state index in [0.29, 0.717) is 17.4 Å². The SMILES string of the molecule is C=CC(=O)NC1CC(Nc2nc(Nc3cnn(C)c3)nc3c2ccn3CO)C1. The van der Waals surface area contributed by atoms with Gasteiger partial charge in [-0.15, -0.1) is 0 Å². The van der Waals surface area contributed by atoms with Gasteiger partial charge in [0.2, 0.25) is 11.9 Å². The van der Waals surface area contributed by atoms with E-state index in [2.05, 4.69) is 37.6 Å². The van der Waals surface area contributed by atoms with E-state index in [-0.39, 0.29) is 24.7 Å². The summed E-state index contributed by atoms with van der Waals surface area (Å²) in [7, 11) is 1.83. The van der Waals surface area contributed by atoms with Crippen molar-refractivity contribution in [2.75, 3.05) is 10.6 Å². The lowest BCUT2D eigenvalue weighted by atomic mass is 9.86. The van der Waals surface area contributed by atoms with Gasteiger partial charge in [-0.2, -0.15) is 15.1 Å². The van der Waals surface area contributed by atoms with Crippen molar-refractivity contribution in [3.63, 3.8) is 0 Å². The Labute approximate surface area is 161 Å². The molecule has 4 rings (SSSR count). The fraction of sp³-hybridized carbons (Fsp3) is 0.333. The minimum Gasteiger partial charge on any atom is -0.376 e. The number of carbonyl (C=O) groups is 1. The normalized spacial score (nSPS) is 18.5. The number of aliphatic hydroxyl groups is 1. The predicted molar refractivity (Wildman–Crippen MR) is 105 cm³/mol. The third kappa shape index (κ3) is 3.54. The Morgan fingerprint density at radius 1 is 1.39 bits per heavy atom. The van der Waals surface area contributed by atoms with E-state index in [1.807, 2.05) is 19.3 Å². The van der Waals surface area contributed by atoms with Gasteiger partial charge in [-0.05, 0) is 25.0 Å². The van der Waals surface area contributed by atoms with Gasteiger partial charge in [0.25, 0.3) is 0 Å². The van der Waals surface area contributed by atoms with E-state index in [1.54, 1.807) is 21.6 Å². The summed E-state index contributed by atoms with van der Waals surface area (Å²) in [5.74, 6) is 0.935. The van der Waals surface area contributed by atoms with E-state index < -0.39 is 0 Å². The van der Waals surface area contributed by atoms with E-state index in [1.165, 1.54) is 6.08 Å². The van der Waals surface area contributed by atoms with E-state index in [4.69, 9.17) is 0 Å². The number of aliphatic hydroxyl groups excluding tert-OH is 1. The van der Waals surface area contributed by atoms with Gasteiger partial charge in [0.1, 0.15) is 18.2 Å². The summed E-state index contributed by atoms with van der Waals surface area (Å²) in [5.41, 5.74) is 1.40. The van der Waals surface area contributed by atoms with Gasteiger partial charge in [0, 0.05) is 31.5 Å². The molecule has 28 heavy (non-hydrogen) atoms. The summed E-state index contributed by atoms with van der Waals surface area (Å²) in [6.45, 7) is 3.29. The average molecular weight is 382 g/mol. The fourth-order valence-corrected chi connectivity index (χ4v) is 3.27. The topological polar surface area (TPSA) is 122 Å². The fourth-order valence-electron chi connectivity index (χ4n) is 3.27. The summed E-state index contributed by atoms with van der Waals surface area (Å²) >= 11 is 0. The maximum absolute atomic E-state index is 11.4. The third-order valence-electron chi connectivity index (χ3n) is 4.74. The predicted octanol–water partition coefficient (Wildman–Crippen LogP) is 1.10. The molecule has 1 saturated carbocycles. The van der Waals surface area contributed by atoms with Gasteiger partial charge >= 0.3 is 0 Å². The molecule has 0 radical (unpaired) electrons. The standard InChI is InChI=1S/C18H22N8O2/c1-3-15(28)20-11-6-12(7-11)21-16-14-4-5-26(10-27)17(14)24-18(23-16)22-13-8-19-25(2)9-13/h3-5,8-9,11-12,27H,1,6-7,10H2,2H3,(H,20,28)(H2,21,22,23,24). The van der Waals surface area contributed by atoms with E-state index >= 15 is 0 Å². The number of carbonyl (C=O) groups excluding carboxylic acids is 1. The molecular weight excluding hydrogens is 360 g/mol. The zero-order valence-corrected chi connectivity index (χ0v) is 15.5. The molecule has 1 amide bonds. The smallest absolute Gasteiger partial charge is 0.243 e. The highest BCUT2D eigenvalue weighted by Gasteiger charge is 2.30. The molecule has 0 bridgehead atoms. The quantitative estimate of drug-likeness (QED) is 0.452. The number of anilines is 3. The Bertz CT molecular complexity index is 1020. The number of hydrogen-bond donors (Lipinski definition) is 4. The lowest BCUT2D eigenvalue weighted by Gasteiger charge is -2.36. The van der Waals surface area contributed by atoms with Crippen LogP contribution in [0.4, 0.5) is 17.5 Å². The first-order valence-corrected chi connectivity index (χ1v) is 8.98. The molecule has 4 N–H and O–H groups in total. The molecule has 0 aromatic carbocycles. The maximum Gasteiger partial charge on any atom is 0.243 e. The molecule has 1 aliphatic carbocycles. The van der Waals surface area contributed by atoms with Gasteiger partial charge in [0.15, 0.2) is 0 Å². The molecule has 146 valence electrons. The Hall–Kier alpha value is -3.40. The lowest BCUT2D eigenvalue weighted by Crippen LogP contribution is -2.49. The summed E-state index contributed by atoms with van der Waals surface area (Å²) < 4.78 is 3.33. The van der Waals surface area contributed by atoms with Crippen LogP contribution in [0.2, 0.25) is 0 Å². The van der Waals surface area contributed by atoms with Crippen LogP contribution >= 0.6 is 0 Å². The lowest BCUT2D eigenvalue weighted by molar-refractivity contribution is -0.117. The molecule has 3 aromatic heterocycles. The van der Waals surface area contributed by atoms with Crippen LogP contribution in [0.1, 0.15) is 12.8 Å². The Balaban J connectivity index is 1.55. The monoisotopic (exact) mass is 382 g/mol. The highest BCUT2D eigenvalue weighted by atomic mass is 16.3. The number of nitrogens with one attached hydrogen (secondary N) is 3. The first-order valence-electron chi connectivity index (χ1n) is 8.98. The van der Waals surface area contributed by atoms with Crippen LogP contribution in [0.5, 0.6) is 0 Å². The van der Waals surface area contributed by atoms with Crippen LogP contribution in [0.25, 0.3) is 11.0 Å². The number of fused-ring (bicyclic) bond motifs is 1. The summed E-state index contributed by atoms with van der Waals surface area (Å²) in [6.07, 6.45) is 8.17. The minimum atomic E-state index is -0.175. The first-order chi connectivity index (χ1) is 13.6. The largest absolute Gasteiger partial charge is 0.376 e. The third-order valence-corrected chi connectivity index (χ3v) is 4.74. The second kappa shape index (κ2) is 7.31. The van der Waals surface area contributed by atoms with Gasteiger partial charge in [0.05, 0.1) is 17.3 Å². The average Bonchev–Trinajstić information content (AvgIpc) is 3.25. The van der Waals surface area contributed by atoms with Crippen molar-refractivity contribution in [2.24, 2.45) is 7.05 Å². The van der Waals surface area contributed by atoms with Crippen LogP contribution in [-0.4, -0.2) is 47.4 Å². The molecule has 3 aromatic rings. The zero-order chi connectivity index (χ0) is 19.7.